The lowest BCUT2D eigenvalue weighted by Crippen LogP contribution is -2.42. The molecule has 1 rings (SSSR count). The zero-order valence-corrected chi connectivity index (χ0v) is 11.6. The van der Waals surface area contributed by atoms with Crippen molar-refractivity contribution in [2.24, 2.45) is 0 Å². The monoisotopic (exact) mass is 251 g/mol. The van der Waals surface area contributed by atoms with Gasteiger partial charge in [-0.1, -0.05) is 20.3 Å². The third kappa shape index (κ3) is 4.63. The van der Waals surface area contributed by atoms with Gasteiger partial charge in [0.2, 0.25) is 0 Å². The van der Waals surface area contributed by atoms with Gasteiger partial charge in [-0.15, -0.1) is 0 Å². The summed E-state index contributed by atoms with van der Waals surface area (Å²) in [6.07, 6.45) is 5.10. The first-order valence-corrected chi connectivity index (χ1v) is 6.67. The molecule has 4 heteroatoms. The molecular weight excluding hydrogens is 226 g/mol. The molecule has 0 aliphatic carbocycles. The summed E-state index contributed by atoms with van der Waals surface area (Å²) in [5.41, 5.74) is 6.91. The maximum atomic E-state index is 5.71. The highest BCUT2D eigenvalue weighted by Gasteiger charge is 2.20. The van der Waals surface area contributed by atoms with E-state index in [1.54, 1.807) is 13.3 Å². The molecule has 2 unspecified atom stereocenters. The number of hydrogen-bond donors (Lipinski definition) is 2. The molecule has 102 valence electrons. The number of aromatic nitrogens is 1. The Bertz CT molecular complexity index is 344. The van der Waals surface area contributed by atoms with Crippen molar-refractivity contribution < 1.29 is 4.74 Å². The minimum Gasteiger partial charge on any atom is -0.384 e. The maximum Gasteiger partial charge on any atom is 0.123 e. The Morgan fingerprint density at radius 2 is 2.22 bits per heavy atom. The number of rotatable bonds is 8. The predicted octanol–water partition coefficient (Wildman–Crippen LogP) is 2.00. The molecule has 0 aliphatic rings. The summed E-state index contributed by atoms with van der Waals surface area (Å²) >= 11 is 0. The van der Waals surface area contributed by atoms with E-state index in [2.05, 4.69) is 24.1 Å². The minimum atomic E-state index is 0.240. The molecule has 3 N–H and O–H groups in total. The normalized spacial score (nSPS) is 14.4. The molecule has 1 aromatic heterocycles. The van der Waals surface area contributed by atoms with Crippen LogP contribution in [-0.4, -0.2) is 30.8 Å². The lowest BCUT2D eigenvalue weighted by Gasteiger charge is -2.26. The average Bonchev–Trinajstić information content (AvgIpc) is 2.35. The minimum absolute atomic E-state index is 0.240. The van der Waals surface area contributed by atoms with Gasteiger partial charge in [0.1, 0.15) is 5.82 Å². The predicted molar refractivity (Wildman–Crippen MR) is 75.5 cm³/mol. The van der Waals surface area contributed by atoms with E-state index in [1.807, 2.05) is 12.1 Å². The third-order valence-corrected chi connectivity index (χ3v) is 3.09. The van der Waals surface area contributed by atoms with E-state index in [4.69, 9.17) is 10.5 Å². The fraction of sp³-hybridized carbons (Fsp3) is 0.643. The summed E-state index contributed by atoms with van der Waals surface area (Å²) in [6, 6.07) is 4.27. The van der Waals surface area contributed by atoms with Crippen molar-refractivity contribution in [3.8, 4) is 0 Å². The number of methoxy groups -OCH3 is 1. The van der Waals surface area contributed by atoms with E-state index < -0.39 is 0 Å². The molecule has 0 spiro atoms. The molecule has 0 amide bonds. The number of nitrogens with zero attached hydrogens (tertiary/aromatic N) is 1. The Morgan fingerprint density at radius 1 is 1.44 bits per heavy atom. The second kappa shape index (κ2) is 8.06. The second-order valence-electron chi connectivity index (χ2n) is 4.52. The van der Waals surface area contributed by atoms with Crippen LogP contribution in [0.5, 0.6) is 0 Å². The van der Waals surface area contributed by atoms with E-state index in [0.717, 1.165) is 25.8 Å². The second-order valence-corrected chi connectivity index (χ2v) is 4.52. The third-order valence-electron chi connectivity index (χ3n) is 3.09. The van der Waals surface area contributed by atoms with Gasteiger partial charge in [-0.3, -0.25) is 0 Å². The quantitative estimate of drug-likeness (QED) is 0.742. The van der Waals surface area contributed by atoms with Gasteiger partial charge in [0, 0.05) is 19.3 Å². The van der Waals surface area contributed by atoms with E-state index in [0.29, 0.717) is 11.9 Å². The summed E-state index contributed by atoms with van der Waals surface area (Å²) in [5, 5.41) is 3.50. The highest BCUT2D eigenvalue weighted by Crippen LogP contribution is 2.13. The van der Waals surface area contributed by atoms with E-state index in [1.165, 1.54) is 5.56 Å². The number of nitrogens with two attached hydrogens (primary N) is 1. The van der Waals surface area contributed by atoms with Gasteiger partial charge in [0.05, 0.1) is 6.10 Å². The van der Waals surface area contributed by atoms with Gasteiger partial charge in [-0.05, 0) is 37.1 Å². The highest BCUT2D eigenvalue weighted by atomic mass is 16.5. The molecule has 4 nitrogen and oxygen atoms in total. The van der Waals surface area contributed by atoms with Crippen LogP contribution in [-0.2, 0) is 11.2 Å². The van der Waals surface area contributed by atoms with Crippen LogP contribution in [0.25, 0.3) is 0 Å². The molecule has 0 fully saturated rings. The van der Waals surface area contributed by atoms with Gasteiger partial charge in [-0.2, -0.15) is 0 Å². The van der Waals surface area contributed by atoms with Crippen LogP contribution in [0, 0.1) is 0 Å². The molecule has 0 bridgehead atoms. The van der Waals surface area contributed by atoms with Crippen molar-refractivity contribution in [1.29, 1.82) is 0 Å². The van der Waals surface area contributed by atoms with Crippen molar-refractivity contribution >= 4 is 5.82 Å². The van der Waals surface area contributed by atoms with Gasteiger partial charge < -0.3 is 15.8 Å². The number of pyridine rings is 1. The van der Waals surface area contributed by atoms with Crippen LogP contribution in [0.3, 0.4) is 0 Å². The molecule has 18 heavy (non-hydrogen) atoms. The van der Waals surface area contributed by atoms with E-state index >= 15 is 0 Å². The van der Waals surface area contributed by atoms with Gasteiger partial charge in [-0.25, -0.2) is 4.98 Å². The first kappa shape index (κ1) is 14.9. The number of likely N-dealkylation sites (N-methyl/N-ethyl adjacent to an activating group) is 1. The van der Waals surface area contributed by atoms with Crippen LogP contribution >= 0.6 is 0 Å². The van der Waals surface area contributed by atoms with Crippen LogP contribution < -0.4 is 11.1 Å². The van der Waals surface area contributed by atoms with Crippen molar-refractivity contribution in [3.05, 3.63) is 23.9 Å². The van der Waals surface area contributed by atoms with Crippen molar-refractivity contribution in [1.82, 2.24) is 10.3 Å². The summed E-state index contributed by atoms with van der Waals surface area (Å²) in [6.45, 7) is 5.24. The summed E-state index contributed by atoms with van der Waals surface area (Å²) < 4.78 is 5.60. The molecular formula is C14H25N3O. The van der Waals surface area contributed by atoms with Gasteiger partial charge in [0.15, 0.2) is 0 Å². The molecule has 1 aromatic rings. The SMILES string of the molecule is CCCC(OC)C(Cc1ccnc(N)c1)NCC. The Kier molecular flexibility index (Phi) is 6.68. The van der Waals surface area contributed by atoms with Crippen molar-refractivity contribution in [3.63, 3.8) is 0 Å². The fourth-order valence-electron chi connectivity index (χ4n) is 2.24. The van der Waals surface area contributed by atoms with Crippen LogP contribution in [0.4, 0.5) is 5.82 Å². The van der Waals surface area contributed by atoms with Gasteiger partial charge in [0.25, 0.3) is 0 Å². The molecule has 0 aliphatic heterocycles. The zero-order chi connectivity index (χ0) is 13.4. The van der Waals surface area contributed by atoms with E-state index in [9.17, 15) is 0 Å². The van der Waals surface area contributed by atoms with E-state index in [-0.39, 0.29) is 6.10 Å². The maximum absolute atomic E-state index is 5.71. The molecule has 0 saturated heterocycles. The van der Waals surface area contributed by atoms with Gasteiger partial charge >= 0.3 is 0 Å². The highest BCUT2D eigenvalue weighted by molar-refractivity contribution is 5.32. The zero-order valence-electron chi connectivity index (χ0n) is 11.6. The first-order chi connectivity index (χ1) is 8.71. The average molecular weight is 251 g/mol. The van der Waals surface area contributed by atoms with Crippen molar-refractivity contribution in [2.75, 3.05) is 19.4 Å². The Balaban J connectivity index is 2.72. The molecule has 0 radical (unpaired) electrons. The molecule has 0 saturated carbocycles. The largest absolute Gasteiger partial charge is 0.384 e. The molecule has 2 atom stereocenters. The molecule has 1 heterocycles. The lowest BCUT2D eigenvalue weighted by atomic mass is 9.98. The Morgan fingerprint density at radius 3 is 2.78 bits per heavy atom. The number of anilines is 1. The fourth-order valence-corrected chi connectivity index (χ4v) is 2.24. The number of nitrogen functional groups attached to an aromatic ring is 1. The van der Waals surface area contributed by atoms with Crippen LogP contribution in [0.1, 0.15) is 32.3 Å². The van der Waals surface area contributed by atoms with Crippen LogP contribution in [0.15, 0.2) is 18.3 Å². The summed E-state index contributed by atoms with van der Waals surface area (Å²) in [5.74, 6) is 0.576. The summed E-state index contributed by atoms with van der Waals surface area (Å²) in [4.78, 5) is 4.02. The number of nitrogens with one attached hydrogen (secondary N) is 1. The summed E-state index contributed by atoms with van der Waals surface area (Å²) in [7, 11) is 1.78. The smallest absolute Gasteiger partial charge is 0.123 e. The number of hydrogen-bond acceptors (Lipinski definition) is 4. The Labute approximate surface area is 110 Å². The first-order valence-electron chi connectivity index (χ1n) is 6.67. The van der Waals surface area contributed by atoms with Crippen LogP contribution in [0.2, 0.25) is 0 Å². The molecule has 0 aromatic carbocycles. The lowest BCUT2D eigenvalue weighted by molar-refractivity contribution is 0.0614. The van der Waals surface area contributed by atoms with Crippen molar-refractivity contribution in [2.45, 2.75) is 45.3 Å². The number of ether oxygens (including phenoxy) is 1. The topological polar surface area (TPSA) is 60.2 Å². The standard InChI is InChI=1S/C14H25N3O/c1-4-6-13(18-3)12(16-5-2)9-11-7-8-17-14(15)10-11/h7-8,10,12-13,16H,4-6,9H2,1-3H3,(H2,15,17). The Hall–Kier alpha value is -1.13.